The molecule has 2 fully saturated rings. The minimum absolute atomic E-state index is 0.0149. The van der Waals surface area contributed by atoms with Crippen LogP contribution in [0, 0.1) is 17.8 Å². The second kappa shape index (κ2) is 7.19. The smallest absolute Gasteiger partial charge is 0.239 e. The van der Waals surface area contributed by atoms with Gasteiger partial charge >= 0.3 is 0 Å². The van der Waals surface area contributed by atoms with E-state index in [-0.39, 0.29) is 35.6 Å². The molecule has 5 nitrogen and oxygen atoms in total. The van der Waals surface area contributed by atoms with Crippen molar-refractivity contribution in [2.75, 3.05) is 13.1 Å². The highest BCUT2D eigenvalue weighted by Crippen LogP contribution is 2.53. The fourth-order valence-electron chi connectivity index (χ4n) is 4.98. The van der Waals surface area contributed by atoms with Crippen LogP contribution in [0.3, 0.4) is 0 Å². The molecule has 2 N–H and O–H groups in total. The Hall–Kier alpha value is -1.30. The molecule has 3 aliphatic heterocycles. The lowest BCUT2D eigenvalue weighted by Crippen LogP contribution is -2.58. The molecule has 4 rings (SSSR count). The first kappa shape index (κ1) is 20.0. The number of hydrogen-bond donors (Lipinski definition) is 1. The number of carbonyl (C=O) groups excluding carboxylic acids is 1. The van der Waals surface area contributed by atoms with Crippen LogP contribution < -0.4 is 10.5 Å². The summed E-state index contributed by atoms with van der Waals surface area (Å²) < 4.78 is 13.0. The van der Waals surface area contributed by atoms with Gasteiger partial charge in [-0.15, -0.1) is 0 Å². The number of nitrogens with zero attached hydrogens (tertiary/aromatic N) is 1. The number of ether oxygens (including phenoxy) is 2. The van der Waals surface area contributed by atoms with Crippen molar-refractivity contribution >= 4 is 17.5 Å². The van der Waals surface area contributed by atoms with E-state index in [1.807, 2.05) is 36.9 Å². The molecular weight excluding hydrogens is 376 g/mol. The second-order valence-corrected chi connectivity index (χ2v) is 9.86. The molecule has 3 heterocycles. The maximum atomic E-state index is 12.7. The molecule has 28 heavy (non-hydrogen) atoms. The van der Waals surface area contributed by atoms with Crippen molar-refractivity contribution in [1.82, 2.24) is 4.90 Å². The molecule has 3 aliphatic rings. The monoisotopic (exact) mass is 406 g/mol. The van der Waals surface area contributed by atoms with E-state index in [1.54, 1.807) is 0 Å². The Morgan fingerprint density at radius 3 is 2.82 bits per heavy atom. The number of carbonyl (C=O) groups is 1. The highest BCUT2D eigenvalue weighted by Gasteiger charge is 2.51. The van der Waals surface area contributed by atoms with Crippen LogP contribution in [0.4, 0.5) is 0 Å². The van der Waals surface area contributed by atoms with Crippen molar-refractivity contribution in [1.29, 1.82) is 0 Å². The van der Waals surface area contributed by atoms with Crippen LogP contribution in [0.5, 0.6) is 5.75 Å². The number of amides is 1. The Kier molecular flexibility index (Phi) is 5.13. The third kappa shape index (κ3) is 3.42. The molecule has 2 saturated heterocycles. The van der Waals surface area contributed by atoms with Crippen LogP contribution in [0.25, 0.3) is 0 Å². The Balaban J connectivity index is 1.56. The van der Waals surface area contributed by atoms with E-state index < -0.39 is 6.04 Å². The van der Waals surface area contributed by atoms with Gasteiger partial charge in [-0.25, -0.2) is 0 Å². The van der Waals surface area contributed by atoms with Crippen molar-refractivity contribution in [3.05, 3.63) is 28.8 Å². The number of nitrogens with two attached hydrogens (primary N) is 1. The number of benzene rings is 1. The Bertz CT molecular complexity index is 766. The Morgan fingerprint density at radius 2 is 2.11 bits per heavy atom. The summed E-state index contributed by atoms with van der Waals surface area (Å²) in [7, 11) is 0. The summed E-state index contributed by atoms with van der Waals surface area (Å²) >= 11 is 6.26. The van der Waals surface area contributed by atoms with Gasteiger partial charge in [-0.1, -0.05) is 25.4 Å². The summed E-state index contributed by atoms with van der Waals surface area (Å²) in [6.07, 6.45) is 1.96. The molecule has 0 unspecified atom stereocenters. The van der Waals surface area contributed by atoms with Gasteiger partial charge in [0, 0.05) is 35.5 Å². The van der Waals surface area contributed by atoms with E-state index in [2.05, 4.69) is 13.8 Å². The highest BCUT2D eigenvalue weighted by atomic mass is 35.5. The van der Waals surface area contributed by atoms with Crippen molar-refractivity contribution in [3.8, 4) is 5.75 Å². The maximum absolute atomic E-state index is 12.7. The SMILES string of the molecule is CC(C)[C@@H](N)C(=O)N1CC[C@H]2O[C@H]3c4cc(Cl)ccc4OC(C)(C)[C@@H]3C[C@H]2C1. The van der Waals surface area contributed by atoms with Crippen LogP contribution in [-0.2, 0) is 9.53 Å². The van der Waals surface area contributed by atoms with E-state index >= 15 is 0 Å². The van der Waals surface area contributed by atoms with Crippen LogP contribution >= 0.6 is 11.6 Å². The van der Waals surface area contributed by atoms with Gasteiger partial charge in [0.05, 0.1) is 18.2 Å². The van der Waals surface area contributed by atoms with Gasteiger partial charge in [-0.2, -0.15) is 0 Å². The first-order valence-corrected chi connectivity index (χ1v) is 10.7. The predicted octanol–water partition coefficient (Wildman–Crippen LogP) is 3.79. The molecule has 6 heteroatoms. The Morgan fingerprint density at radius 1 is 1.36 bits per heavy atom. The molecule has 0 aromatic heterocycles. The first-order valence-electron chi connectivity index (χ1n) is 10.4. The quantitative estimate of drug-likeness (QED) is 0.811. The van der Waals surface area contributed by atoms with Gasteiger partial charge < -0.3 is 20.1 Å². The van der Waals surface area contributed by atoms with Crippen LogP contribution in [-0.4, -0.2) is 41.6 Å². The van der Waals surface area contributed by atoms with E-state index in [0.29, 0.717) is 24.0 Å². The van der Waals surface area contributed by atoms with Crippen molar-refractivity contribution < 1.29 is 14.3 Å². The number of rotatable bonds is 2. The lowest BCUT2D eigenvalue weighted by atomic mass is 9.70. The highest BCUT2D eigenvalue weighted by molar-refractivity contribution is 6.30. The van der Waals surface area contributed by atoms with E-state index in [9.17, 15) is 4.79 Å². The van der Waals surface area contributed by atoms with Gasteiger partial charge in [0.25, 0.3) is 0 Å². The summed E-state index contributed by atoms with van der Waals surface area (Å²) in [5.74, 6) is 1.59. The van der Waals surface area contributed by atoms with Crippen molar-refractivity contribution in [2.45, 2.75) is 64.4 Å². The van der Waals surface area contributed by atoms with E-state index in [0.717, 1.165) is 24.2 Å². The molecule has 1 amide bonds. The lowest BCUT2D eigenvalue weighted by molar-refractivity contribution is -0.189. The number of piperidine rings is 1. The molecule has 1 aromatic rings. The average Bonchev–Trinajstić information content (AvgIpc) is 2.65. The normalized spacial score (nSPS) is 32.0. The first-order chi connectivity index (χ1) is 13.2. The second-order valence-electron chi connectivity index (χ2n) is 9.43. The summed E-state index contributed by atoms with van der Waals surface area (Å²) in [4.78, 5) is 14.7. The van der Waals surface area contributed by atoms with Crippen LogP contribution in [0.15, 0.2) is 18.2 Å². The average molecular weight is 407 g/mol. The molecule has 0 bridgehead atoms. The summed E-state index contributed by atoms with van der Waals surface area (Å²) in [6, 6.07) is 5.35. The van der Waals surface area contributed by atoms with E-state index in [1.165, 1.54) is 0 Å². The summed E-state index contributed by atoms with van der Waals surface area (Å²) in [5, 5.41) is 0.703. The molecule has 0 saturated carbocycles. The lowest BCUT2D eigenvalue weighted by Gasteiger charge is -2.53. The fourth-order valence-corrected chi connectivity index (χ4v) is 5.16. The Labute approximate surface area is 172 Å². The molecule has 0 aliphatic carbocycles. The van der Waals surface area contributed by atoms with Gasteiger partial charge in [-0.05, 0) is 50.8 Å². The van der Waals surface area contributed by atoms with Gasteiger partial charge in [0.2, 0.25) is 5.91 Å². The van der Waals surface area contributed by atoms with E-state index in [4.69, 9.17) is 26.8 Å². The number of likely N-dealkylation sites (tertiary alicyclic amines) is 1. The zero-order valence-electron chi connectivity index (χ0n) is 17.2. The molecule has 0 spiro atoms. The largest absolute Gasteiger partial charge is 0.487 e. The van der Waals surface area contributed by atoms with Gasteiger partial charge in [0.15, 0.2) is 0 Å². The molecule has 154 valence electrons. The minimum atomic E-state index is -0.433. The topological polar surface area (TPSA) is 64.8 Å². The number of hydrogen-bond acceptors (Lipinski definition) is 4. The zero-order valence-corrected chi connectivity index (χ0v) is 17.9. The van der Waals surface area contributed by atoms with Crippen molar-refractivity contribution in [3.63, 3.8) is 0 Å². The molecule has 1 aromatic carbocycles. The van der Waals surface area contributed by atoms with Gasteiger partial charge in [-0.3, -0.25) is 4.79 Å². The molecule has 5 atom stereocenters. The summed E-state index contributed by atoms with van der Waals surface area (Å²) in [6.45, 7) is 9.67. The standard InChI is InChI=1S/C22H31ClN2O3/c1-12(2)19(24)21(26)25-8-7-17-13(11-25)9-16-20(27-17)15-10-14(23)5-6-18(15)28-22(16,3)4/h5-6,10,12-13,16-17,19-20H,7-9,11,24H2,1-4H3/t13-,16+,17+,19+,20-/m0/s1. The van der Waals surface area contributed by atoms with Gasteiger partial charge in [0.1, 0.15) is 11.4 Å². The zero-order chi connectivity index (χ0) is 20.2. The predicted molar refractivity (Wildman–Crippen MR) is 109 cm³/mol. The summed E-state index contributed by atoms with van der Waals surface area (Å²) in [5.41, 5.74) is 6.84. The number of halogens is 1. The fraction of sp³-hybridized carbons (Fsp3) is 0.682. The number of fused-ring (bicyclic) bond motifs is 4. The van der Waals surface area contributed by atoms with Crippen LogP contribution in [0.1, 0.15) is 52.2 Å². The third-order valence-electron chi connectivity index (χ3n) is 6.77. The third-order valence-corrected chi connectivity index (χ3v) is 7.00. The molecule has 0 radical (unpaired) electrons. The van der Waals surface area contributed by atoms with Crippen molar-refractivity contribution in [2.24, 2.45) is 23.5 Å². The minimum Gasteiger partial charge on any atom is -0.487 e. The molecular formula is C22H31ClN2O3. The van der Waals surface area contributed by atoms with Crippen LogP contribution in [0.2, 0.25) is 5.02 Å². The maximum Gasteiger partial charge on any atom is 0.239 e.